The number of nitrogens with zero attached hydrogens (tertiary/aromatic N) is 1. The first-order chi connectivity index (χ1) is 6.80. The maximum atomic E-state index is 12.0. The minimum atomic E-state index is -3.77. The number of primary amides is 1. The Bertz CT molecular complexity index is 465. The molecule has 15 heavy (non-hydrogen) atoms. The number of hydrogen-bond donors (Lipinski definition) is 1. The van der Waals surface area contributed by atoms with Crippen LogP contribution in [0.2, 0.25) is 0 Å². The monoisotopic (exact) mass is 228 g/mol. The molecule has 6 heteroatoms. The molecule has 0 fully saturated rings. The van der Waals surface area contributed by atoms with Crippen molar-refractivity contribution < 1.29 is 13.2 Å². The van der Waals surface area contributed by atoms with Crippen LogP contribution in [0.25, 0.3) is 0 Å². The van der Waals surface area contributed by atoms with Crippen molar-refractivity contribution in [3.8, 4) is 0 Å². The van der Waals surface area contributed by atoms with Crippen molar-refractivity contribution in [2.45, 2.75) is 23.5 Å². The van der Waals surface area contributed by atoms with Crippen molar-refractivity contribution in [2.24, 2.45) is 5.73 Å². The van der Waals surface area contributed by atoms with Crippen LogP contribution in [0.1, 0.15) is 13.8 Å². The van der Waals surface area contributed by atoms with E-state index in [2.05, 4.69) is 4.98 Å². The van der Waals surface area contributed by atoms with E-state index in [0.29, 0.717) is 0 Å². The molecule has 1 aromatic heterocycles. The first-order valence-electron chi connectivity index (χ1n) is 4.24. The van der Waals surface area contributed by atoms with Crippen LogP contribution in [0.4, 0.5) is 0 Å². The van der Waals surface area contributed by atoms with Gasteiger partial charge in [0.1, 0.15) is 4.75 Å². The predicted octanol–water partition coefficient (Wildman–Crippen LogP) is 0.119. The Morgan fingerprint density at radius 3 is 2.47 bits per heavy atom. The summed E-state index contributed by atoms with van der Waals surface area (Å²) < 4.78 is 22.3. The van der Waals surface area contributed by atoms with Crippen molar-refractivity contribution in [3.05, 3.63) is 24.5 Å². The molecule has 0 spiro atoms. The quantitative estimate of drug-likeness (QED) is 0.795. The summed E-state index contributed by atoms with van der Waals surface area (Å²) in [6.07, 6.45) is 2.65. The molecule has 1 aromatic rings. The number of rotatable bonds is 3. The lowest BCUT2D eigenvalue weighted by atomic mass is 10.2. The molecular formula is C9H12N2O3S. The number of carbonyl (C=O) groups excluding carboxylic acids is 1. The van der Waals surface area contributed by atoms with Gasteiger partial charge in [0.2, 0.25) is 5.91 Å². The molecule has 1 heterocycles. The number of amides is 1. The van der Waals surface area contributed by atoms with Crippen molar-refractivity contribution in [3.63, 3.8) is 0 Å². The van der Waals surface area contributed by atoms with Crippen LogP contribution in [-0.2, 0) is 14.6 Å². The summed E-state index contributed by atoms with van der Waals surface area (Å²) >= 11 is 0. The van der Waals surface area contributed by atoms with Gasteiger partial charge in [-0.2, -0.15) is 0 Å². The van der Waals surface area contributed by atoms with E-state index in [-0.39, 0.29) is 4.90 Å². The molecule has 5 nitrogen and oxygen atoms in total. The Kier molecular flexibility index (Phi) is 2.81. The zero-order valence-electron chi connectivity index (χ0n) is 8.47. The molecule has 1 rings (SSSR count). The topological polar surface area (TPSA) is 90.1 Å². The highest BCUT2D eigenvalue weighted by molar-refractivity contribution is 7.93. The summed E-state index contributed by atoms with van der Waals surface area (Å²) in [4.78, 5) is 14.8. The van der Waals surface area contributed by atoms with Crippen LogP contribution in [0.5, 0.6) is 0 Å². The molecule has 0 bridgehead atoms. The number of carbonyl (C=O) groups is 1. The Labute approximate surface area is 88.2 Å². The third-order valence-electron chi connectivity index (χ3n) is 2.21. The third-order valence-corrected chi connectivity index (χ3v) is 4.62. The van der Waals surface area contributed by atoms with Gasteiger partial charge in [0, 0.05) is 12.4 Å². The molecule has 0 aliphatic heterocycles. The maximum Gasteiger partial charge on any atom is 0.238 e. The minimum Gasteiger partial charge on any atom is -0.368 e. The van der Waals surface area contributed by atoms with Crippen LogP contribution < -0.4 is 5.73 Å². The molecule has 0 aromatic carbocycles. The Hall–Kier alpha value is -1.43. The van der Waals surface area contributed by atoms with Crippen LogP contribution in [-0.4, -0.2) is 24.1 Å². The third kappa shape index (κ3) is 1.85. The molecule has 0 atom stereocenters. The van der Waals surface area contributed by atoms with Crippen LogP contribution >= 0.6 is 0 Å². The summed E-state index contributed by atoms with van der Waals surface area (Å²) in [5.41, 5.74) is 5.06. The highest BCUT2D eigenvalue weighted by Gasteiger charge is 2.41. The van der Waals surface area contributed by atoms with E-state index in [4.69, 9.17) is 5.73 Å². The maximum absolute atomic E-state index is 12.0. The van der Waals surface area contributed by atoms with Gasteiger partial charge >= 0.3 is 0 Å². The fraction of sp³-hybridized carbons (Fsp3) is 0.333. The van der Waals surface area contributed by atoms with Gasteiger partial charge < -0.3 is 5.73 Å². The minimum absolute atomic E-state index is 0.00574. The van der Waals surface area contributed by atoms with Crippen LogP contribution in [0.15, 0.2) is 29.4 Å². The van der Waals surface area contributed by atoms with E-state index in [0.717, 1.165) is 0 Å². The van der Waals surface area contributed by atoms with Crippen molar-refractivity contribution in [1.29, 1.82) is 0 Å². The van der Waals surface area contributed by atoms with Gasteiger partial charge in [-0.3, -0.25) is 9.78 Å². The summed E-state index contributed by atoms with van der Waals surface area (Å²) in [5, 5.41) is 0. The normalized spacial score (nSPS) is 12.4. The Morgan fingerprint density at radius 2 is 2.07 bits per heavy atom. The highest BCUT2D eigenvalue weighted by atomic mass is 32.2. The van der Waals surface area contributed by atoms with Crippen molar-refractivity contribution in [1.82, 2.24) is 4.98 Å². The number of nitrogens with two attached hydrogens (primary N) is 1. The van der Waals surface area contributed by atoms with E-state index < -0.39 is 20.5 Å². The summed E-state index contributed by atoms with van der Waals surface area (Å²) in [7, 11) is -3.77. The van der Waals surface area contributed by atoms with Crippen LogP contribution in [0, 0.1) is 0 Å². The van der Waals surface area contributed by atoms with E-state index in [1.807, 2.05) is 0 Å². The molecule has 0 saturated heterocycles. The first kappa shape index (κ1) is 11.6. The largest absolute Gasteiger partial charge is 0.368 e. The highest BCUT2D eigenvalue weighted by Crippen LogP contribution is 2.23. The number of pyridine rings is 1. The van der Waals surface area contributed by atoms with Gasteiger partial charge in [0.05, 0.1) is 4.90 Å². The number of aromatic nitrogens is 1. The van der Waals surface area contributed by atoms with Gasteiger partial charge in [-0.05, 0) is 26.0 Å². The molecule has 0 unspecified atom stereocenters. The van der Waals surface area contributed by atoms with Crippen LogP contribution in [0.3, 0.4) is 0 Å². The van der Waals surface area contributed by atoms with E-state index in [1.54, 1.807) is 0 Å². The SMILES string of the molecule is CC(C)(C(N)=O)S(=O)(=O)c1cccnc1. The van der Waals surface area contributed by atoms with E-state index in [9.17, 15) is 13.2 Å². The lowest BCUT2D eigenvalue weighted by Crippen LogP contribution is -2.45. The molecular weight excluding hydrogens is 216 g/mol. The second-order valence-corrected chi connectivity index (χ2v) is 6.07. The molecule has 0 aliphatic rings. The van der Waals surface area contributed by atoms with Gasteiger partial charge in [-0.25, -0.2) is 8.42 Å². The lowest BCUT2D eigenvalue weighted by molar-refractivity contribution is -0.119. The van der Waals surface area contributed by atoms with Gasteiger partial charge in [0.25, 0.3) is 0 Å². The summed E-state index contributed by atoms with van der Waals surface area (Å²) in [5.74, 6) is -0.883. The van der Waals surface area contributed by atoms with Gasteiger partial charge in [-0.1, -0.05) is 0 Å². The van der Waals surface area contributed by atoms with E-state index in [1.165, 1.54) is 38.4 Å². The average Bonchev–Trinajstić information content (AvgIpc) is 2.18. The van der Waals surface area contributed by atoms with Crippen molar-refractivity contribution >= 4 is 15.7 Å². The lowest BCUT2D eigenvalue weighted by Gasteiger charge is -2.20. The molecule has 2 N–H and O–H groups in total. The molecule has 0 radical (unpaired) electrons. The standard InChI is InChI=1S/C9H12N2O3S/c1-9(2,8(10)12)15(13,14)7-4-3-5-11-6-7/h3-6H,1-2H3,(H2,10,12). The smallest absolute Gasteiger partial charge is 0.238 e. The Morgan fingerprint density at radius 1 is 1.47 bits per heavy atom. The molecule has 0 saturated carbocycles. The van der Waals surface area contributed by atoms with Crippen molar-refractivity contribution in [2.75, 3.05) is 0 Å². The second kappa shape index (κ2) is 3.62. The second-order valence-electron chi connectivity index (χ2n) is 3.57. The predicted molar refractivity (Wildman–Crippen MR) is 54.7 cm³/mol. The van der Waals surface area contributed by atoms with Gasteiger partial charge in [-0.15, -0.1) is 0 Å². The number of sulfone groups is 1. The molecule has 1 amide bonds. The van der Waals surface area contributed by atoms with E-state index >= 15 is 0 Å². The average molecular weight is 228 g/mol. The first-order valence-corrected chi connectivity index (χ1v) is 5.73. The zero-order valence-corrected chi connectivity index (χ0v) is 9.28. The molecule has 82 valence electrons. The van der Waals surface area contributed by atoms with Gasteiger partial charge in [0.15, 0.2) is 9.84 Å². The summed E-state index contributed by atoms with van der Waals surface area (Å²) in [6.45, 7) is 2.55. The number of hydrogen-bond acceptors (Lipinski definition) is 4. The fourth-order valence-corrected chi connectivity index (χ4v) is 2.24. The zero-order chi connectivity index (χ0) is 11.7. The fourth-order valence-electron chi connectivity index (χ4n) is 0.933. The summed E-state index contributed by atoms with van der Waals surface area (Å²) in [6, 6.07) is 2.87. The Balaban J connectivity index is 3.33. The molecule has 0 aliphatic carbocycles.